The smallest absolute Gasteiger partial charge is 0.292 e. The number of nitrogens with zero attached hydrogens (tertiary/aromatic N) is 2. The van der Waals surface area contributed by atoms with E-state index in [0.29, 0.717) is 5.69 Å². The lowest BCUT2D eigenvalue weighted by Crippen LogP contribution is -2.24. The van der Waals surface area contributed by atoms with Gasteiger partial charge >= 0.3 is 0 Å². The molecule has 0 unspecified atom stereocenters. The van der Waals surface area contributed by atoms with Gasteiger partial charge in [0.2, 0.25) is 0 Å². The fraction of sp³-hybridized carbons (Fsp3) is 0.125. The summed E-state index contributed by atoms with van der Waals surface area (Å²) < 4.78 is 0. The molecule has 0 aliphatic carbocycles. The van der Waals surface area contributed by atoms with E-state index in [9.17, 15) is 10.1 Å². The molecular formula is C16H16N4O2S. The minimum Gasteiger partial charge on any atom is -0.326 e. The van der Waals surface area contributed by atoms with Gasteiger partial charge in [-0.05, 0) is 43.3 Å². The Hall–Kier alpha value is -2.80. The molecule has 0 amide bonds. The average Bonchev–Trinajstić information content (AvgIpc) is 2.51. The summed E-state index contributed by atoms with van der Waals surface area (Å²) in [6, 6.07) is 12.3. The number of hydrazone groups is 1. The lowest BCUT2D eigenvalue weighted by molar-refractivity contribution is -0.383. The van der Waals surface area contributed by atoms with Gasteiger partial charge < -0.3 is 5.32 Å². The molecule has 0 spiro atoms. The molecule has 2 aromatic carbocycles. The van der Waals surface area contributed by atoms with Gasteiger partial charge in [0.15, 0.2) is 5.11 Å². The van der Waals surface area contributed by atoms with Crippen LogP contribution in [0.2, 0.25) is 0 Å². The SMILES string of the molecule is Cc1ccc(C)c(/C=N\NC(=S)Nc2ccccc2[N+](=O)[O-])c1. The number of para-hydroxylation sites is 2. The molecule has 23 heavy (non-hydrogen) atoms. The molecule has 2 N–H and O–H groups in total. The number of anilines is 1. The quantitative estimate of drug-likeness (QED) is 0.388. The first kappa shape index (κ1) is 16.6. The highest BCUT2D eigenvalue weighted by molar-refractivity contribution is 7.80. The van der Waals surface area contributed by atoms with Crippen LogP contribution in [-0.2, 0) is 0 Å². The number of nitrogens with one attached hydrogen (secondary N) is 2. The van der Waals surface area contributed by atoms with Gasteiger partial charge in [-0.1, -0.05) is 35.9 Å². The van der Waals surface area contributed by atoms with Crippen LogP contribution in [-0.4, -0.2) is 16.3 Å². The zero-order chi connectivity index (χ0) is 16.8. The van der Waals surface area contributed by atoms with Crippen molar-refractivity contribution in [2.75, 3.05) is 5.32 Å². The Kier molecular flexibility index (Phi) is 5.37. The van der Waals surface area contributed by atoms with E-state index in [1.807, 2.05) is 32.0 Å². The molecule has 0 saturated heterocycles. The first-order valence-electron chi connectivity index (χ1n) is 6.88. The van der Waals surface area contributed by atoms with Crippen LogP contribution < -0.4 is 10.7 Å². The zero-order valence-corrected chi connectivity index (χ0v) is 13.6. The number of rotatable bonds is 4. The van der Waals surface area contributed by atoms with Crippen LogP contribution in [0, 0.1) is 24.0 Å². The molecule has 2 rings (SSSR count). The number of hydrogen-bond acceptors (Lipinski definition) is 4. The van der Waals surface area contributed by atoms with E-state index < -0.39 is 4.92 Å². The summed E-state index contributed by atoms with van der Waals surface area (Å²) in [6.45, 7) is 4.00. The van der Waals surface area contributed by atoms with Crippen molar-refractivity contribution >= 4 is 34.9 Å². The standard InChI is InChI=1S/C16H16N4O2S/c1-11-7-8-12(2)13(9-11)10-17-19-16(23)18-14-5-3-4-6-15(14)20(21)22/h3-10H,1-2H3,(H2,18,19,23)/b17-10-. The van der Waals surface area contributed by atoms with Crippen molar-refractivity contribution in [3.63, 3.8) is 0 Å². The van der Waals surface area contributed by atoms with E-state index in [1.54, 1.807) is 24.4 Å². The predicted molar refractivity (Wildman–Crippen MR) is 96.0 cm³/mol. The minimum absolute atomic E-state index is 0.0461. The van der Waals surface area contributed by atoms with Crippen molar-refractivity contribution in [2.45, 2.75) is 13.8 Å². The second-order valence-electron chi connectivity index (χ2n) is 4.96. The van der Waals surface area contributed by atoms with E-state index in [4.69, 9.17) is 12.2 Å². The number of benzene rings is 2. The van der Waals surface area contributed by atoms with Gasteiger partial charge in [-0.2, -0.15) is 5.10 Å². The van der Waals surface area contributed by atoms with Crippen molar-refractivity contribution in [2.24, 2.45) is 5.10 Å². The summed E-state index contributed by atoms with van der Waals surface area (Å²) in [6.07, 6.45) is 1.66. The average molecular weight is 328 g/mol. The molecule has 0 fully saturated rings. The van der Waals surface area contributed by atoms with Crippen LogP contribution in [0.25, 0.3) is 0 Å². The highest BCUT2D eigenvalue weighted by Crippen LogP contribution is 2.22. The minimum atomic E-state index is -0.468. The molecule has 0 aromatic heterocycles. The second-order valence-corrected chi connectivity index (χ2v) is 5.37. The van der Waals surface area contributed by atoms with Crippen molar-refractivity contribution in [1.29, 1.82) is 0 Å². The number of aryl methyl sites for hydroxylation is 2. The van der Waals surface area contributed by atoms with Gasteiger partial charge in [0.05, 0.1) is 11.1 Å². The maximum absolute atomic E-state index is 10.9. The molecule has 6 nitrogen and oxygen atoms in total. The lowest BCUT2D eigenvalue weighted by atomic mass is 10.1. The highest BCUT2D eigenvalue weighted by Gasteiger charge is 2.12. The van der Waals surface area contributed by atoms with Crippen LogP contribution in [0.3, 0.4) is 0 Å². The van der Waals surface area contributed by atoms with E-state index in [0.717, 1.165) is 16.7 Å². The molecule has 2 aromatic rings. The number of hydrogen-bond donors (Lipinski definition) is 2. The van der Waals surface area contributed by atoms with Gasteiger partial charge in [-0.3, -0.25) is 15.5 Å². The number of thiocarbonyl (C=S) groups is 1. The molecule has 0 saturated carbocycles. The Morgan fingerprint density at radius 2 is 2.00 bits per heavy atom. The summed E-state index contributed by atoms with van der Waals surface area (Å²) in [7, 11) is 0. The fourth-order valence-electron chi connectivity index (χ4n) is 1.95. The summed E-state index contributed by atoms with van der Waals surface area (Å²) >= 11 is 5.10. The largest absolute Gasteiger partial charge is 0.326 e. The van der Waals surface area contributed by atoms with Gasteiger partial charge in [0.25, 0.3) is 5.69 Å². The van der Waals surface area contributed by atoms with Crippen molar-refractivity contribution in [1.82, 2.24) is 5.43 Å². The van der Waals surface area contributed by atoms with Crippen LogP contribution >= 0.6 is 12.2 Å². The molecule has 118 valence electrons. The van der Waals surface area contributed by atoms with Gasteiger partial charge in [0, 0.05) is 6.07 Å². The third-order valence-corrected chi connectivity index (χ3v) is 3.35. The summed E-state index contributed by atoms with van der Waals surface area (Å²) in [5.74, 6) is 0. The molecule has 0 aliphatic rings. The molecule has 0 heterocycles. The first-order valence-corrected chi connectivity index (χ1v) is 7.29. The molecule has 0 radical (unpaired) electrons. The Bertz CT molecular complexity index is 774. The molecule has 0 atom stereocenters. The number of nitro groups is 1. The Labute approximate surface area is 139 Å². The third-order valence-electron chi connectivity index (χ3n) is 3.15. The fourth-order valence-corrected chi connectivity index (χ4v) is 2.11. The summed E-state index contributed by atoms with van der Waals surface area (Å²) in [5.41, 5.74) is 6.14. The molecule has 0 aliphatic heterocycles. The van der Waals surface area contributed by atoms with Crippen LogP contribution in [0.15, 0.2) is 47.6 Å². The highest BCUT2D eigenvalue weighted by atomic mass is 32.1. The third kappa shape index (κ3) is 4.58. The van der Waals surface area contributed by atoms with Gasteiger partial charge in [-0.15, -0.1) is 0 Å². The normalized spacial score (nSPS) is 10.5. The maximum Gasteiger partial charge on any atom is 0.292 e. The van der Waals surface area contributed by atoms with Crippen LogP contribution in [0.5, 0.6) is 0 Å². The monoisotopic (exact) mass is 328 g/mol. The first-order chi connectivity index (χ1) is 11.0. The Balaban J connectivity index is 2.02. The second kappa shape index (κ2) is 7.46. The van der Waals surface area contributed by atoms with E-state index in [-0.39, 0.29) is 10.8 Å². The molecule has 7 heteroatoms. The summed E-state index contributed by atoms with van der Waals surface area (Å²) in [4.78, 5) is 10.5. The lowest BCUT2D eigenvalue weighted by Gasteiger charge is -2.07. The number of nitro benzene ring substituents is 1. The Morgan fingerprint density at radius 1 is 1.26 bits per heavy atom. The summed E-state index contributed by atoms with van der Waals surface area (Å²) in [5, 5.41) is 18.0. The van der Waals surface area contributed by atoms with E-state index in [2.05, 4.69) is 15.8 Å². The van der Waals surface area contributed by atoms with Gasteiger partial charge in [0.1, 0.15) is 5.69 Å². The molecule has 0 bridgehead atoms. The molecular weight excluding hydrogens is 312 g/mol. The van der Waals surface area contributed by atoms with E-state index >= 15 is 0 Å². The topological polar surface area (TPSA) is 79.6 Å². The zero-order valence-electron chi connectivity index (χ0n) is 12.7. The van der Waals surface area contributed by atoms with Crippen molar-refractivity contribution in [3.8, 4) is 0 Å². The van der Waals surface area contributed by atoms with E-state index in [1.165, 1.54) is 6.07 Å². The predicted octanol–water partition coefficient (Wildman–Crippen LogP) is 3.53. The van der Waals surface area contributed by atoms with Gasteiger partial charge in [-0.25, -0.2) is 0 Å². The van der Waals surface area contributed by atoms with Crippen LogP contribution in [0.4, 0.5) is 11.4 Å². The Morgan fingerprint density at radius 3 is 2.74 bits per heavy atom. The maximum atomic E-state index is 10.9. The van der Waals surface area contributed by atoms with Crippen LogP contribution in [0.1, 0.15) is 16.7 Å². The van der Waals surface area contributed by atoms with Crippen molar-refractivity contribution in [3.05, 3.63) is 69.3 Å². The van der Waals surface area contributed by atoms with Crippen molar-refractivity contribution < 1.29 is 4.92 Å².